The zero-order chi connectivity index (χ0) is 21.8. The number of esters is 1. The van der Waals surface area contributed by atoms with E-state index in [1.807, 2.05) is 19.1 Å². The van der Waals surface area contributed by atoms with E-state index in [9.17, 15) is 15.0 Å². The Kier molecular flexibility index (Phi) is 4.22. The minimum Gasteiger partial charge on any atom is -0.508 e. The SMILES string of the molecule is CCOc1c(O)cc2c(c1OCC)C1(OC(=O)c3ccccc31)c1ccc(O)cc1O2. The number of aromatic hydroxyl groups is 2. The van der Waals surface area contributed by atoms with Crippen LogP contribution in [0.4, 0.5) is 0 Å². The number of hydrogen-bond acceptors (Lipinski definition) is 7. The van der Waals surface area contributed by atoms with Crippen LogP contribution in [0.5, 0.6) is 34.5 Å². The topological polar surface area (TPSA) is 94.5 Å². The number of phenols is 2. The Bertz CT molecular complexity index is 1220. The quantitative estimate of drug-likeness (QED) is 0.602. The predicted molar refractivity (Wildman–Crippen MR) is 110 cm³/mol. The lowest BCUT2D eigenvalue weighted by atomic mass is 9.77. The maximum atomic E-state index is 12.9. The van der Waals surface area contributed by atoms with Crippen LogP contribution in [0.3, 0.4) is 0 Å². The van der Waals surface area contributed by atoms with Crippen LogP contribution in [0.2, 0.25) is 0 Å². The highest BCUT2D eigenvalue weighted by atomic mass is 16.6. The summed E-state index contributed by atoms with van der Waals surface area (Å²) in [7, 11) is 0. The van der Waals surface area contributed by atoms with Crippen molar-refractivity contribution in [3.8, 4) is 34.5 Å². The monoisotopic (exact) mass is 420 g/mol. The van der Waals surface area contributed by atoms with Crippen molar-refractivity contribution in [2.24, 2.45) is 0 Å². The van der Waals surface area contributed by atoms with Crippen LogP contribution in [-0.2, 0) is 10.3 Å². The molecule has 0 radical (unpaired) electrons. The molecule has 1 atom stereocenters. The molecular weight excluding hydrogens is 400 g/mol. The third-order valence-electron chi connectivity index (χ3n) is 5.45. The molecule has 0 amide bonds. The average Bonchev–Trinajstić information content (AvgIpc) is 3.03. The van der Waals surface area contributed by atoms with Gasteiger partial charge in [-0.3, -0.25) is 0 Å². The number of hydrogen-bond donors (Lipinski definition) is 2. The lowest BCUT2D eigenvalue weighted by Crippen LogP contribution is -2.33. The van der Waals surface area contributed by atoms with Crippen molar-refractivity contribution in [2.45, 2.75) is 19.4 Å². The lowest BCUT2D eigenvalue weighted by Gasteiger charge is -2.38. The van der Waals surface area contributed by atoms with Gasteiger partial charge in [0, 0.05) is 23.3 Å². The van der Waals surface area contributed by atoms with Crippen LogP contribution in [0, 0.1) is 0 Å². The molecule has 2 aliphatic heterocycles. The van der Waals surface area contributed by atoms with Gasteiger partial charge in [-0.2, -0.15) is 0 Å². The van der Waals surface area contributed by atoms with Crippen LogP contribution in [0.15, 0.2) is 48.5 Å². The smallest absolute Gasteiger partial charge is 0.340 e. The fourth-order valence-corrected chi connectivity index (χ4v) is 4.33. The first-order valence-electron chi connectivity index (χ1n) is 10.0. The lowest BCUT2D eigenvalue weighted by molar-refractivity contribution is 0.0213. The third-order valence-corrected chi connectivity index (χ3v) is 5.45. The zero-order valence-corrected chi connectivity index (χ0v) is 17.0. The van der Waals surface area contributed by atoms with Gasteiger partial charge in [-0.05, 0) is 32.0 Å². The molecule has 1 unspecified atom stereocenters. The van der Waals surface area contributed by atoms with Gasteiger partial charge in [-0.15, -0.1) is 0 Å². The second-order valence-electron chi connectivity index (χ2n) is 7.19. The van der Waals surface area contributed by atoms with Crippen molar-refractivity contribution in [1.82, 2.24) is 0 Å². The predicted octanol–water partition coefficient (Wildman–Crippen LogP) is 4.46. The molecule has 0 aromatic heterocycles. The average molecular weight is 420 g/mol. The fourth-order valence-electron chi connectivity index (χ4n) is 4.33. The van der Waals surface area contributed by atoms with Crippen molar-refractivity contribution in [3.05, 3.63) is 70.8 Å². The van der Waals surface area contributed by atoms with E-state index in [1.165, 1.54) is 18.2 Å². The Morgan fingerprint density at radius 2 is 1.65 bits per heavy atom. The van der Waals surface area contributed by atoms with Gasteiger partial charge in [0.2, 0.25) is 5.75 Å². The zero-order valence-electron chi connectivity index (χ0n) is 17.0. The summed E-state index contributed by atoms with van der Waals surface area (Å²) in [5, 5.41) is 20.7. The largest absolute Gasteiger partial charge is 0.508 e. The van der Waals surface area contributed by atoms with E-state index in [-0.39, 0.29) is 35.4 Å². The Balaban J connectivity index is 1.93. The minimum atomic E-state index is -1.39. The highest BCUT2D eigenvalue weighted by Crippen LogP contribution is 2.62. The summed E-state index contributed by atoms with van der Waals surface area (Å²) >= 11 is 0. The summed E-state index contributed by atoms with van der Waals surface area (Å²) in [5.74, 6) is 0.276. The minimum absolute atomic E-state index is 0.00449. The molecule has 7 heteroatoms. The summed E-state index contributed by atoms with van der Waals surface area (Å²) in [6.07, 6.45) is 0. The van der Waals surface area contributed by atoms with E-state index in [0.29, 0.717) is 34.6 Å². The van der Waals surface area contributed by atoms with Crippen molar-refractivity contribution in [2.75, 3.05) is 13.2 Å². The van der Waals surface area contributed by atoms with E-state index >= 15 is 0 Å². The number of benzene rings is 3. The van der Waals surface area contributed by atoms with Crippen LogP contribution in [0.25, 0.3) is 0 Å². The molecule has 0 bridgehead atoms. The molecule has 2 aliphatic rings. The molecule has 5 rings (SSSR count). The summed E-state index contributed by atoms with van der Waals surface area (Å²) in [5.41, 5.74) is 0.597. The van der Waals surface area contributed by atoms with Gasteiger partial charge in [0.15, 0.2) is 17.1 Å². The van der Waals surface area contributed by atoms with Crippen LogP contribution in [0.1, 0.15) is 40.9 Å². The molecule has 31 heavy (non-hydrogen) atoms. The normalized spacial score (nSPS) is 17.9. The van der Waals surface area contributed by atoms with Gasteiger partial charge < -0.3 is 29.2 Å². The number of fused-ring (bicyclic) bond motifs is 6. The molecule has 1 spiro atoms. The summed E-state index contributed by atoms with van der Waals surface area (Å²) in [6.45, 7) is 4.18. The van der Waals surface area contributed by atoms with E-state index in [2.05, 4.69) is 0 Å². The number of rotatable bonds is 4. The van der Waals surface area contributed by atoms with Gasteiger partial charge in [0.05, 0.1) is 24.3 Å². The van der Waals surface area contributed by atoms with Gasteiger partial charge in [-0.1, -0.05) is 18.2 Å². The standard InChI is InChI=1S/C24H20O7/c1-3-28-21-17(26)12-19-20(22(21)29-4-2)24(16-10-9-13(25)11-18(16)30-19)15-8-6-5-7-14(15)23(27)31-24/h5-12,25-26H,3-4H2,1-2H3. The summed E-state index contributed by atoms with van der Waals surface area (Å²) < 4.78 is 23.8. The first-order chi connectivity index (χ1) is 15.0. The number of carbonyl (C=O) groups excluding carboxylic acids is 1. The Morgan fingerprint density at radius 1 is 0.903 bits per heavy atom. The highest BCUT2D eigenvalue weighted by Gasteiger charge is 2.56. The molecule has 7 nitrogen and oxygen atoms in total. The number of carbonyl (C=O) groups is 1. The third kappa shape index (κ3) is 2.56. The fraction of sp³-hybridized carbons (Fsp3) is 0.208. The van der Waals surface area contributed by atoms with Crippen molar-refractivity contribution in [3.63, 3.8) is 0 Å². The number of ether oxygens (including phenoxy) is 4. The van der Waals surface area contributed by atoms with Crippen molar-refractivity contribution >= 4 is 5.97 Å². The summed E-state index contributed by atoms with van der Waals surface area (Å²) in [6, 6.07) is 13.1. The van der Waals surface area contributed by atoms with Crippen molar-refractivity contribution in [1.29, 1.82) is 0 Å². The molecule has 0 fully saturated rings. The molecule has 0 saturated heterocycles. The second kappa shape index (κ2) is 6.84. The Morgan fingerprint density at radius 3 is 2.42 bits per heavy atom. The van der Waals surface area contributed by atoms with E-state index in [1.54, 1.807) is 25.1 Å². The van der Waals surface area contributed by atoms with E-state index in [4.69, 9.17) is 18.9 Å². The van der Waals surface area contributed by atoms with Gasteiger partial charge >= 0.3 is 5.97 Å². The van der Waals surface area contributed by atoms with Gasteiger partial charge in [0.25, 0.3) is 0 Å². The Labute approximate surface area is 178 Å². The molecule has 2 N–H and O–H groups in total. The maximum Gasteiger partial charge on any atom is 0.340 e. The maximum absolute atomic E-state index is 12.9. The molecule has 0 aliphatic carbocycles. The molecule has 2 heterocycles. The first-order valence-corrected chi connectivity index (χ1v) is 10.0. The van der Waals surface area contributed by atoms with Gasteiger partial charge in [0.1, 0.15) is 17.2 Å². The first kappa shape index (κ1) is 19.1. The van der Waals surface area contributed by atoms with Gasteiger partial charge in [-0.25, -0.2) is 4.79 Å². The second-order valence-corrected chi connectivity index (χ2v) is 7.19. The molecule has 3 aromatic rings. The Hall–Kier alpha value is -3.87. The molecule has 0 saturated carbocycles. The summed E-state index contributed by atoms with van der Waals surface area (Å²) in [4.78, 5) is 12.9. The van der Waals surface area contributed by atoms with E-state index < -0.39 is 11.6 Å². The van der Waals surface area contributed by atoms with Crippen LogP contribution in [-0.4, -0.2) is 29.4 Å². The van der Waals surface area contributed by atoms with Crippen LogP contribution >= 0.6 is 0 Å². The van der Waals surface area contributed by atoms with Crippen LogP contribution < -0.4 is 14.2 Å². The molecular formula is C24H20O7. The molecule has 3 aromatic carbocycles. The number of phenolic OH excluding ortho intramolecular Hbond substituents is 2. The highest BCUT2D eigenvalue weighted by molar-refractivity contribution is 5.97. The van der Waals surface area contributed by atoms with E-state index in [0.717, 1.165) is 0 Å². The van der Waals surface area contributed by atoms with Crippen molar-refractivity contribution < 1.29 is 34.0 Å². The molecule has 158 valence electrons.